The Balaban J connectivity index is 0.000000771. The number of carbonyl (C=O) groups excluding carboxylic acids is 1. The first-order valence-electron chi connectivity index (χ1n) is 11.6. The van der Waals surface area contributed by atoms with Crippen LogP contribution in [0.4, 0.5) is 0 Å². The Bertz CT molecular complexity index is 1250. The lowest BCUT2D eigenvalue weighted by molar-refractivity contribution is -2.00. The number of hydrogen-bond donors (Lipinski definition) is 1. The molecule has 0 unspecified atom stereocenters. The number of hydrogen-bond acceptors (Lipinski definition) is 6. The van der Waals surface area contributed by atoms with E-state index in [1.54, 1.807) is 18.7 Å². The van der Waals surface area contributed by atoms with Crippen LogP contribution in [0.3, 0.4) is 0 Å². The summed E-state index contributed by atoms with van der Waals surface area (Å²) in [5, 5.41) is 6.59. The fourth-order valence-electron chi connectivity index (χ4n) is 4.01. The van der Waals surface area contributed by atoms with Gasteiger partial charge in [0.1, 0.15) is 20.3 Å². The van der Waals surface area contributed by atoms with Crippen molar-refractivity contribution < 1.29 is 33.7 Å². The SMILES string of the molecule is CC(=O)NC(=C(Cl)SCc1ccccc1)[P+](c1ccccc1)(c1ccccc1)c1ccccc1.[O-][Cl+3]([O-])([O-])[O-]. The van der Waals surface area contributed by atoms with Gasteiger partial charge >= 0.3 is 0 Å². The second-order valence-corrected chi connectivity index (χ2v) is 13.8. The number of thioether (sulfide) groups is 1. The molecule has 0 radical (unpaired) electrons. The zero-order chi connectivity index (χ0) is 28.3. The standard InChI is InChI=1S/C29H25ClNOPS.ClHO4/c1-23(32)31-29(28(30)34-22-24-14-6-2-7-15-24)33(25-16-8-3-9-17-25,26-18-10-4-11-19-26)27-20-12-5-13-21-27;2-1(3,4)5/h2-21H,22H2,1H3;(H,2,3,4,5). The predicted molar refractivity (Wildman–Crippen MR) is 150 cm³/mol. The van der Waals surface area contributed by atoms with Crippen molar-refractivity contribution >= 4 is 52.4 Å². The number of carbonyl (C=O) groups is 1. The monoisotopic (exact) mass is 601 g/mol. The first kappa shape index (κ1) is 30.8. The maximum atomic E-state index is 12.6. The third kappa shape index (κ3) is 8.90. The molecule has 202 valence electrons. The maximum absolute atomic E-state index is 12.6. The van der Waals surface area contributed by atoms with Gasteiger partial charge in [-0.05, 0) is 42.0 Å². The quantitative estimate of drug-likeness (QED) is 0.307. The molecule has 4 aromatic carbocycles. The molecule has 0 aliphatic carbocycles. The van der Waals surface area contributed by atoms with Gasteiger partial charge in [-0.15, -0.1) is 22.0 Å². The molecular formula is C29H26Cl2NO5PS. The van der Waals surface area contributed by atoms with Crippen molar-refractivity contribution in [3.05, 3.63) is 137 Å². The van der Waals surface area contributed by atoms with Crippen LogP contribution in [0.5, 0.6) is 0 Å². The van der Waals surface area contributed by atoms with Crippen LogP contribution in [0.1, 0.15) is 12.5 Å². The first-order chi connectivity index (χ1) is 18.6. The van der Waals surface area contributed by atoms with Crippen LogP contribution in [0, 0.1) is 10.2 Å². The number of halogens is 2. The van der Waals surface area contributed by atoms with Crippen molar-refractivity contribution in [3.63, 3.8) is 0 Å². The van der Waals surface area contributed by atoms with E-state index >= 15 is 0 Å². The predicted octanol–water partition coefficient (Wildman–Crippen LogP) is 1.66. The van der Waals surface area contributed by atoms with E-state index in [4.69, 9.17) is 30.2 Å². The van der Waals surface area contributed by atoms with E-state index in [1.165, 1.54) is 5.56 Å². The highest BCUT2D eigenvalue weighted by Gasteiger charge is 2.52. The van der Waals surface area contributed by atoms with E-state index in [9.17, 15) is 4.79 Å². The van der Waals surface area contributed by atoms with E-state index in [-0.39, 0.29) is 5.91 Å². The van der Waals surface area contributed by atoms with E-state index in [2.05, 4.69) is 53.8 Å². The zero-order valence-corrected chi connectivity index (χ0v) is 24.1. The van der Waals surface area contributed by atoms with Gasteiger partial charge in [-0.2, -0.15) is 0 Å². The molecule has 0 heterocycles. The van der Waals surface area contributed by atoms with Crippen molar-refractivity contribution in [2.45, 2.75) is 12.7 Å². The maximum Gasteiger partial charge on any atom is 0.223 e. The molecular weight excluding hydrogens is 576 g/mol. The summed E-state index contributed by atoms with van der Waals surface area (Å²) in [5.74, 6) is 0.571. The highest BCUT2D eigenvalue weighted by molar-refractivity contribution is 8.05. The van der Waals surface area contributed by atoms with Crippen LogP contribution in [0.2, 0.25) is 0 Å². The second kappa shape index (κ2) is 14.6. The Morgan fingerprint density at radius 1 is 0.718 bits per heavy atom. The average Bonchev–Trinajstić information content (AvgIpc) is 2.93. The molecule has 0 aliphatic heterocycles. The third-order valence-electron chi connectivity index (χ3n) is 5.45. The highest BCUT2D eigenvalue weighted by atomic mass is 35.7. The summed E-state index contributed by atoms with van der Waals surface area (Å²) >= 11 is 8.68. The summed E-state index contributed by atoms with van der Waals surface area (Å²) < 4.78 is 34.6. The molecule has 6 nitrogen and oxygen atoms in total. The fourth-order valence-corrected chi connectivity index (χ4v) is 10.00. The minimum atomic E-state index is -4.94. The van der Waals surface area contributed by atoms with Crippen LogP contribution in [-0.4, -0.2) is 5.91 Å². The molecule has 0 aliphatic rings. The Labute approximate surface area is 240 Å². The smallest absolute Gasteiger partial charge is 0.223 e. The number of nitrogens with one attached hydrogen (secondary N) is 1. The van der Waals surface area contributed by atoms with E-state index in [0.717, 1.165) is 21.4 Å². The van der Waals surface area contributed by atoms with Crippen LogP contribution in [0.25, 0.3) is 0 Å². The van der Waals surface area contributed by atoms with E-state index in [0.29, 0.717) is 10.1 Å². The molecule has 0 spiro atoms. The summed E-state index contributed by atoms with van der Waals surface area (Å²) in [6.45, 7) is 1.54. The Kier molecular flexibility index (Phi) is 11.5. The van der Waals surface area contributed by atoms with Gasteiger partial charge in [0.25, 0.3) is 0 Å². The van der Waals surface area contributed by atoms with Crippen molar-refractivity contribution in [2.24, 2.45) is 0 Å². The van der Waals surface area contributed by atoms with Gasteiger partial charge in [0.2, 0.25) is 11.3 Å². The van der Waals surface area contributed by atoms with Crippen LogP contribution < -0.4 is 39.9 Å². The van der Waals surface area contributed by atoms with Gasteiger partial charge in [-0.1, -0.05) is 96.5 Å². The van der Waals surface area contributed by atoms with Gasteiger partial charge in [-0.25, -0.2) is 18.6 Å². The summed E-state index contributed by atoms with van der Waals surface area (Å²) in [7, 11) is -7.44. The third-order valence-corrected chi connectivity index (χ3v) is 11.4. The van der Waals surface area contributed by atoms with Crippen molar-refractivity contribution in [1.29, 1.82) is 0 Å². The Morgan fingerprint density at radius 3 is 1.38 bits per heavy atom. The van der Waals surface area contributed by atoms with E-state index in [1.807, 2.05) is 72.8 Å². The lowest BCUT2D eigenvalue weighted by Gasteiger charge is -2.30. The summed E-state index contributed by atoms with van der Waals surface area (Å²) in [5.41, 5.74) is 1.95. The Morgan fingerprint density at radius 2 is 1.05 bits per heavy atom. The molecule has 0 bridgehead atoms. The number of benzene rings is 4. The molecule has 4 aromatic rings. The minimum absolute atomic E-state index is 0.138. The molecule has 0 atom stereocenters. The normalized spacial score (nSPS) is 12.1. The Hall–Kier alpha value is -2.71. The summed E-state index contributed by atoms with van der Waals surface area (Å²) in [4.78, 5) is 12.6. The fraction of sp³-hybridized carbons (Fsp3) is 0.0690. The molecule has 39 heavy (non-hydrogen) atoms. The largest absolute Gasteiger partial charge is 0.295 e. The van der Waals surface area contributed by atoms with Gasteiger partial charge in [0.15, 0.2) is 7.26 Å². The van der Waals surface area contributed by atoms with Crippen molar-refractivity contribution in [3.8, 4) is 0 Å². The summed E-state index contributed by atoms with van der Waals surface area (Å²) in [6.07, 6.45) is 0. The van der Waals surface area contributed by atoms with Gasteiger partial charge in [0.05, 0.1) is 0 Å². The lowest BCUT2D eigenvalue weighted by Crippen LogP contribution is -2.68. The molecule has 1 N–H and O–H groups in total. The minimum Gasteiger partial charge on any atom is -0.295 e. The molecule has 0 saturated heterocycles. The van der Waals surface area contributed by atoms with Gasteiger partial charge < -0.3 is 0 Å². The number of rotatable bonds is 8. The highest BCUT2D eigenvalue weighted by Crippen LogP contribution is 2.63. The zero-order valence-electron chi connectivity index (χ0n) is 20.9. The summed E-state index contributed by atoms with van der Waals surface area (Å²) in [6, 6.07) is 41.4. The molecule has 1 amide bonds. The molecule has 0 fully saturated rings. The van der Waals surface area contributed by atoms with Gasteiger partial charge in [0, 0.05) is 12.7 Å². The van der Waals surface area contributed by atoms with Crippen LogP contribution in [-0.2, 0) is 10.5 Å². The van der Waals surface area contributed by atoms with Gasteiger partial charge in [-0.3, -0.25) is 10.1 Å². The number of amides is 1. The lowest BCUT2D eigenvalue weighted by atomic mass is 10.2. The van der Waals surface area contributed by atoms with E-state index < -0.39 is 17.5 Å². The second-order valence-electron chi connectivity index (χ2n) is 8.13. The average molecular weight is 602 g/mol. The molecule has 4 rings (SSSR count). The molecule has 10 heteroatoms. The molecule has 0 aromatic heterocycles. The van der Waals surface area contributed by atoms with Crippen LogP contribution >= 0.6 is 30.6 Å². The molecule has 0 saturated carbocycles. The van der Waals surface area contributed by atoms with Crippen LogP contribution in [0.15, 0.2) is 131 Å². The van der Waals surface area contributed by atoms with Crippen molar-refractivity contribution in [1.82, 2.24) is 5.32 Å². The van der Waals surface area contributed by atoms with Crippen molar-refractivity contribution in [2.75, 3.05) is 0 Å². The first-order valence-corrected chi connectivity index (χ1v) is 16.0. The topological polar surface area (TPSA) is 121 Å².